The summed E-state index contributed by atoms with van der Waals surface area (Å²) in [7, 11) is 0. The SMILES string of the molecule is CC1(C)CN(c2ccnc(C(F)(F)F)c2)CCC1N. The highest BCUT2D eigenvalue weighted by Crippen LogP contribution is 2.33. The Morgan fingerprint density at radius 1 is 1.42 bits per heavy atom. The van der Waals surface area contributed by atoms with Crippen molar-refractivity contribution in [3.05, 3.63) is 24.0 Å². The number of piperidine rings is 1. The van der Waals surface area contributed by atoms with Crippen LogP contribution in [0.3, 0.4) is 0 Å². The zero-order chi connectivity index (χ0) is 14.3. The normalized spacial score (nSPS) is 23.5. The van der Waals surface area contributed by atoms with E-state index in [-0.39, 0.29) is 11.5 Å². The van der Waals surface area contributed by atoms with Crippen molar-refractivity contribution in [2.45, 2.75) is 32.5 Å². The molecule has 1 aromatic heterocycles. The smallest absolute Gasteiger partial charge is 0.371 e. The molecule has 0 amide bonds. The lowest BCUT2D eigenvalue weighted by atomic mass is 9.79. The summed E-state index contributed by atoms with van der Waals surface area (Å²) in [5.41, 5.74) is 5.63. The van der Waals surface area contributed by atoms with E-state index in [9.17, 15) is 13.2 Å². The van der Waals surface area contributed by atoms with Crippen LogP contribution in [0.2, 0.25) is 0 Å². The second-order valence-electron chi connectivity index (χ2n) is 5.70. The Morgan fingerprint density at radius 3 is 2.68 bits per heavy atom. The first-order valence-corrected chi connectivity index (χ1v) is 6.24. The van der Waals surface area contributed by atoms with E-state index >= 15 is 0 Å². The van der Waals surface area contributed by atoms with E-state index in [4.69, 9.17) is 5.73 Å². The Morgan fingerprint density at radius 2 is 2.11 bits per heavy atom. The van der Waals surface area contributed by atoms with E-state index in [0.717, 1.165) is 12.5 Å². The molecule has 0 spiro atoms. The molecule has 1 atom stereocenters. The van der Waals surface area contributed by atoms with Gasteiger partial charge in [0, 0.05) is 31.0 Å². The molecule has 0 aromatic carbocycles. The molecular formula is C13H18F3N3. The van der Waals surface area contributed by atoms with Crippen molar-refractivity contribution in [2.24, 2.45) is 11.1 Å². The first-order chi connectivity index (χ1) is 8.70. The van der Waals surface area contributed by atoms with Crippen molar-refractivity contribution in [3.63, 3.8) is 0 Å². The van der Waals surface area contributed by atoms with Crippen LogP contribution in [0.25, 0.3) is 0 Å². The van der Waals surface area contributed by atoms with Crippen LogP contribution in [-0.2, 0) is 6.18 Å². The van der Waals surface area contributed by atoms with Crippen LogP contribution >= 0.6 is 0 Å². The Bertz CT molecular complexity index is 457. The van der Waals surface area contributed by atoms with Gasteiger partial charge in [0.2, 0.25) is 0 Å². The largest absolute Gasteiger partial charge is 0.433 e. The molecule has 2 heterocycles. The highest BCUT2D eigenvalue weighted by Gasteiger charge is 2.36. The molecule has 1 fully saturated rings. The summed E-state index contributed by atoms with van der Waals surface area (Å²) < 4.78 is 37.9. The summed E-state index contributed by atoms with van der Waals surface area (Å²) in [6.07, 6.45) is -2.42. The quantitative estimate of drug-likeness (QED) is 0.855. The molecule has 19 heavy (non-hydrogen) atoms. The van der Waals surface area contributed by atoms with E-state index in [1.165, 1.54) is 6.20 Å². The van der Waals surface area contributed by atoms with Crippen molar-refractivity contribution in [2.75, 3.05) is 18.0 Å². The van der Waals surface area contributed by atoms with E-state index in [1.54, 1.807) is 6.07 Å². The average molecular weight is 273 g/mol. The van der Waals surface area contributed by atoms with E-state index in [2.05, 4.69) is 4.98 Å². The fourth-order valence-corrected chi connectivity index (χ4v) is 2.37. The Kier molecular flexibility index (Phi) is 3.47. The van der Waals surface area contributed by atoms with Gasteiger partial charge in [-0.05, 0) is 24.0 Å². The predicted molar refractivity (Wildman–Crippen MR) is 67.8 cm³/mol. The molecule has 1 saturated heterocycles. The van der Waals surface area contributed by atoms with E-state index in [1.807, 2.05) is 18.7 Å². The maximum atomic E-state index is 12.6. The second kappa shape index (κ2) is 4.67. The molecule has 1 aliphatic heterocycles. The van der Waals surface area contributed by atoms with Crippen molar-refractivity contribution < 1.29 is 13.2 Å². The van der Waals surface area contributed by atoms with Crippen molar-refractivity contribution in [3.8, 4) is 0 Å². The number of nitrogens with two attached hydrogens (primary N) is 1. The van der Waals surface area contributed by atoms with Crippen molar-refractivity contribution in [1.82, 2.24) is 4.98 Å². The zero-order valence-corrected chi connectivity index (χ0v) is 11.0. The lowest BCUT2D eigenvalue weighted by Gasteiger charge is -2.43. The van der Waals surface area contributed by atoms with Crippen LogP contribution in [0, 0.1) is 5.41 Å². The molecule has 1 unspecified atom stereocenters. The van der Waals surface area contributed by atoms with Gasteiger partial charge in [-0.25, -0.2) is 0 Å². The lowest BCUT2D eigenvalue weighted by molar-refractivity contribution is -0.141. The molecule has 106 valence electrons. The van der Waals surface area contributed by atoms with Gasteiger partial charge in [-0.1, -0.05) is 13.8 Å². The number of pyridine rings is 1. The molecule has 6 heteroatoms. The van der Waals surface area contributed by atoms with E-state index < -0.39 is 11.9 Å². The highest BCUT2D eigenvalue weighted by atomic mass is 19.4. The molecule has 2 rings (SSSR count). The monoisotopic (exact) mass is 273 g/mol. The van der Waals surface area contributed by atoms with Gasteiger partial charge in [0.05, 0.1) is 0 Å². The molecule has 0 radical (unpaired) electrons. The summed E-state index contributed by atoms with van der Waals surface area (Å²) in [5.74, 6) is 0. The molecule has 2 N–H and O–H groups in total. The maximum absolute atomic E-state index is 12.6. The van der Waals surface area contributed by atoms with Crippen molar-refractivity contribution >= 4 is 5.69 Å². The number of aromatic nitrogens is 1. The minimum atomic E-state index is -4.41. The number of hydrogen-bond acceptors (Lipinski definition) is 3. The maximum Gasteiger partial charge on any atom is 0.433 e. The van der Waals surface area contributed by atoms with Gasteiger partial charge in [0.25, 0.3) is 0 Å². The molecule has 1 aliphatic rings. The van der Waals surface area contributed by atoms with Gasteiger partial charge < -0.3 is 10.6 Å². The highest BCUT2D eigenvalue weighted by molar-refractivity contribution is 5.48. The third kappa shape index (κ3) is 3.00. The molecular weight excluding hydrogens is 255 g/mol. The Labute approximate surface area is 110 Å². The van der Waals surface area contributed by atoms with Gasteiger partial charge in [-0.3, -0.25) is 4.98 Å². The first kappa shape index (κ1) is 14.1. The summed E-state index contributed by atoms with van der Waals surface area (Å²) >= 11 is 0. The number of halogens is 3. The number of anilines is 1. The minimum Gasteiger partial charge on any atom is -0.371 e. The van der Waals surface area contributed by atoms with Gasteiger partial charge in [-0.2, -0.15) is 13.2 Å². The molecule has 3 nitrogen and oxygen atoms in total. The lowest BCUT2D eigenvalue weighted by Crippen LogP contribution is -2.52. The minimum absolute atomic E-state index is 0.0765. The number of nitrogens with zero attached hydrogens (tertiary/aromatic N) is 2. The summed E-state index contributed by atoms with van der Waals surface area (Å²) in [6, 6.07) is 2.79. The van der Waals surface area contributed by atoms with Gasteiger partial charge >= 0.3 is 6.18 Å². The van der Waals surface area contributed by atoms with Crippen LogP contribution in [0.1, 0.15) is 26.0 Å². The first-order valence-electron chi connectivity index (χ1n) is 6.24. The molecule has 1 aromatic rings. The summed E-state index contributed by atoms with van der Waals surface area (Å²) in [4.78, 5) is 5.33. The van der Waals surface area contributed by atoms with Crippen molar-refractivity contribution in [1.29, 1.82) is 0 Å². The predicted octanol–water partition coefficient (Wildman–Crippen LogP) is 2.66. The molecule has 0 bridgehead atoms. The Balaban J connectivity index is 2.24. The average Bonchev–Trinajstić information content (AvgIpc) is 2.32. The Hall–Kier alpha value is -1.30. The molecule has 0 saturated carbocycles. The number of hydrogen-bond donors (Lipinski definition) is 1. The zero-order valence-electron chi connectivity index (χ0n) is 11.0. The van der Waals surface area contributed by atoms with Crippen LogP contribution in [0.4, 0.5) is 18.9 Å². The van der Waals surface area contributed by atoms with Crippen LogP contribution in [0.5, 0.6) is 0 Å². The van der Waals surface area contributed by atoms with Gasteiger partial charge in [-0.15, -0.1) is 0 Å². The summed E-state index contributed by atoms with van der Waals surface area (Å²) in [5, 5.41) is 0. The third-order valence-corrected chi connectivity index (χ3v) is 3.71. The van der Waals surface area contributed by atoms with Crippen LogP contribution < -0.4 is 10.6 Å². The van der Waals surface area contributed by atoms with Crippen LogP contribution in [-0.4, -0.2) is 24.1 Å². The number of rotatable bonds is 1. The summed E-state index contributed by atoms with van der Waals surface area (Å²) in [6.45, 7) is 5.40. The molecule has 0 aliphatic carbocycles. The van der Waals surface area contributed by atoms with Gasteiger partial charge in [0.1, 0.15) is 5.69 Å². The van der Waals surface area contributed by atoms with Crippen LogP contribution in [0.15, 0.2) is 18.3 Å². The number of alkyl halides is 3. The topological polar surface area (TPSA) is 42.2 Å². The van der Waals surface area contributed by atoms with Gasteiger partial charge in [0.15, 0.2) is 0 Å². The standard InChI is InChI=1S/C13H18F3N3/c1-12(2)8-19(6-4-10(12)17)9-3-5-18-11(7-9)13(14,15)16/h3,5,7,10H,4,6,8,17H2,1-2H3. The van der Waals surface area contributed by atoms with E-state index in [0.29, 0.717) is 18.8 Å². The fraction of sp³-hybridized carbons (Fsp3) is 0.615. The third-order valence-electron chi connectivity index (χ3n) is 3.71. The fourth-order valence-electron chi connectivity index (χ4n) is 2.37. The second-order valence-corrected chi connectivity index (χ2v) is 5.70.